The van der Waals surface area contributed by atoms with Crippen LogP contribution in [0, 0.1) is 5.82 Å². The van der Waals surface area contributed by atoms with E-state index >= 15 is 0 Å². The Labute approximate surface area is 195 Å². The Morgan fingerprint density at radius 1 is 1.06 bits per heavy atom. The van der Waals surface area contributed by atoms with Crippen molar-refractivity contribution in [3.8, 4) is 0 Å². The molecule has 0 aliphatic carbocycles. The summed E-state index contributed by atoms with van der Waals surface area (Å²) in [5.41, 5.74) is 1.17. The molecule has 1 aliphatic heterocycles. The number of esters is 1. The van der Waals surface area contributed by atoms with Crippen molar-refractivity contribution in [1.29, 1.82) is 0 Å². The van der Waals surface area contributed by atoms with Gasteiger partial charge in [0.1, 0.15) is 11.4 Å². The zero-order valence-corrected chi connectivity index (χ0v) is 19.8. The first-order chi connectivity index (χ1) is 15.7. The normalized spacial score (nSPS) is 18.0. The number of amides is 1. The van der Waals surface area contributed by atoms with E-state index < -0.39 is 11.7 Å². The van der Waals surface area contributed by atoms with Crippen LogP contribution in [0.3, 0.4) is 0 Å². The summed E-state index contributed by atoms with van der Waals surface area (Å²) in [4.78, 5) is 29.0. The maximum absolute atomic E-state index is 14.2. The van der Waals surface area contributed by atoms with Crippen molar-refractivity contribution in [1.82, 2.24) is 9.80 Å². The minimum Gasteiger partial charge on any atom is -0.466 e. The van der Waals surface area contributed by atoms with E-state index in [2.05, 4.69) is 4.90 Å². The zero-order valence-electron chi connectivity index (χ0n) is 19.8. The lowest BCUT2D eigenvalue weighted by Crippen LogP contribution is -2.57. The van der Waals surface area contributed by atoms with Gasteiger partial charge in [-0.2, -0.15) is 0 Å². The molecule has 2 aromatic carbocycles. The molecule has 1 unspecified atom stereocenters. The maximum atomic E-state index is 14.2. The molecule has 0 N–H and O–H groups in total. The molecule has 1 aliphatic rings. The number of halogens is 1. The number of carbonyl (C=O) groups is 2. The fourth-order valence-electron chi connectivity index (χ4n) is 4.18. The van der Waals surface area contributed by atoms with E-state index in [1.54, 1.807) is 17.9 Å². The molecule has 1 heterocycles. The predicted molar refractivity (Wildman–Crippen MR) is 124 cm³/mol. The quantitative estimate of drug-likeness (QED) is 0.585. The molecule has 6 nitrogen and oxygen atoms in total. The van der Waals surface area contributed by atoms with Crippen LogP contribution in [-0.4, -0.2) is 59.7 Å². The van der Waals surface area contributed by atoms with E-state index in [1.807, 2.05) is 57.2 Å². The van der Waals surface area contributed by atoms with E-state index in [0.717, 1.165) is 11.1 Å². The SMILES string of the molecule is CCOC(=O)C[C@@H]1CN(C(=O)OC(C)(C)C)CCN1C(c1ccccc1)c1cccc(F)c1. The summed E-state index contributed by atoms with van der Waals surface area (Å²) in [5, 5.41) is 0. The second kappa shape index (κ2) is 10.8. The van der Waals surface area contributed by atoms with Crippen LogP contribution in [0.5, 0.6) is 0 Å². The van der Waals surface area contributed by atoms with Crippen molar-refractivity contribution >= 4 is 12.1 Å². The summed E-state index contributed by atoms with van der Waals surface area (Å²) in [6, 6.07) is 15.7. The minimum atomic E-state index is -0.612. The molecule has 7 heteroatoms. The number of piperazine rings is 1. The third-order valence-electron chi connectivity index (χ3n) is 5.50. The standard InChI is InChI=1S/C26H33FN2O4/c1-5-32-23(30)17-22-18-28(25(31)33-26(2,3)4)14-15-29(22)24(19-10-7-6-8-11-19)20-12-9-13-21(27)16-20/h6-13,16,22,24H,5,14-15,17-18H2,1-4H3/t22-,24?/m1/s1. The average molecular weight is 457 g/mol. The van der Waals surface area contributed by atoms with Crippen molar-refractivity contribution in [3.05, 3.63) is 71.5 Å². The van der Waals surface area contributed by atoms with Gasteiger partial charge in [0, 0.05) is 25.7 Å². The Hall–Kier alpha value is -2.93. The van der Waals surface area contributed by atoms with Crippen molar-refractivity contribution in [2.24, 2.45) is 0 Å². The van der Waals surface area contributed by atoms with Crippen LogP contribution in [0.2, 0.25) is 0 Å². The predicted octanol–water partition coefficient (Wildman–Crippen LogP) is 4.79. The maximum Gasteiger partial charge on any atom is 0.410 e. The number of nitrogens with zero attached hydrogens (tertiary/aromatic N) is 2. The molecule has 3 rings (SSSR count). The van der Waals surface area contributed by atoms with Crippen molar-refractivity contribution in [2.75, 3.05) is 26.2 Å². The van der Waals surface area contributed by atoms with Crippen molar-refractivity contribution < 1.29 is 23.5 Å². The summed E-state index contributed by atoms with van der Waals surface area (Å²) >= 11 is 0. The lowest BCUT2D eigenvalue weighted by atomic mass is 9.93. The van der Waals surface area contributed by atoms with Gasteiger partial charge in [-0.25, -0.2) is 9.18 Å². The second-order valence-electron chi connectivity index (χ2n) is 9.20. The first kappa shape index (κ1) is 24.7. The molecular formula is C26H33FN2O4. The van der Waals surface area contributed by atoms with Gasteiger partial charge in [0.2, 0.25) is 0 Å². The van der Waals surface area contributed by atoms with E-state index in [-0.39, 0.29) is 36.9 Å². The Balaban J connectivity index is 1.95. The van der Waals surface area contributed by atoms with Crippen LogP contribution >= 0.6 is 0 Å². The summed E-state index contributed by atoms with van der Waals surface area (Å²) in [6.45, 7) is 8.78. The highest BCUT2D eigenvalue weighted by molar-refractivity contribution is 5.71. The zero-order chi connectivity index (χ0) is 24.0. The summed E-state index contributed by atoms with van der Waals surface area (Å²) in [7, 11) is 0. The first-order valence-corrected chi connectivity index (χ1v) is 11.4. The van der Waals surface area contributed by atoms with E-state index in [4.69, 9.17) is 9.47 Å². The summed E-state index contributed by atoms with van der Waals surface area (Å²) < 4.78 is 25.0. The van der Waals surface area contributed by atoms with Crippen LogP contribution in [0.15, 0.2) is 54.6 Å². The number of benzene rings is 2. The van der Waals surface area contributed by atoms with Gasteiger partial charge in [-0.3, -0.25) is 9.69 Å². The van der Waals surface area contributed by atoms with Gasteiger partial charge in [-0.1, -0.05) is 42.5 Å². The molecule has 0 radical (unpaired) electrons. The smallest absolute Gasteiger partial charge is 0.410 e. The molecule has 1 saturated heterocycles. The molecular weight excluding hydrogens is 423 g/mol. The summed E-state index contributed by atoms with van der Waals surface area (Å²) in [6.07, 6.45) is -0.288. The van der Waals surface area contributed by atoms with E-state index in [0.29, 0.717) is 19.6 Å². The minimum absolute atomic E-state index is 0.117. The highest BCUT2D eigenvalue weighted by Gasteiger charge is 2.38. The van der Waals surface area contributed by atoms with Gasteiger partial charge in [0.05, 0.1) is 19.1 Å². The third-order valence-corrected chi connectivity index (χ3v) is 5.50. The highest BCUT2D eigenvalue weighted by Crippen LogP contribution is 2.33. The largest absolute Gasteiger partial charge is 0.466 e. The number of ether oxygens (including phenoxy) is 2. The van der Waals surface area contributed by atoms with Gasteiger partial charge < -0.3 is 14.4 Å². The monoisotopic (exact) mass is 456 g/mol. The lowest BCUT2D eigenvalue weighted by molar-refractivity contribution is -0.145. The Kier molecular flexibility index (Phi) is 8.08. The van der Waals surface area contributed by atoms with Gasteiger partial charge >= 0.3 is 12.1 Å². The number of carbonyl (C=O) groups excluding carboxylic acids is 2. The van der Waals surface area contributed by atoms with Crippen LogP contribution in [0.1, 0.15) is 51.3 Å². The van der Waals surface area contributed by atoms with Crippen LogP contribution < -0.4 is 0 Å². The van der Waals surface area contributed by atoms with Gasteiger partial charge in [-0.15, -0.1) is 0 Å². The topological polar surface area (TPSA) is 59.1 Å². The molecule has 0 spiro atoms. The molecule has 178 valence electrons. The molecule has 1 amide bonds. The Morgan fingerprint density at radius 3 is 2.39 bits per heavy atom. The summed E-state index contributed by atoms with van der Waals surface area (Å²) in [5.74, 6) is -0.646. The number of hydrogen-bond donors (Lipinski definition) is 0. The van der Waals surface area contributed by atoms with Crippen LogP contribution in [-0.2, 0) is 14.3 Å². The molecule has 0 saturated carbocycles. The molecule has 2 aromatic rings. The van der Waals surface area contributed by atoms with Crippen LogP contribution in [0.4, 0.5) is 9.18 Å². The Bertz CT molecular complexity index is 945. The number of hydrogen-bond acceptors (Lipinski definition) is 5. The molecule has 0 bridgehead atoms. The highest BCUT2D eigenvalue weighted by atomic mass is 19.1. The van der Waals surface area contributed by atoms with E-state index in [1.165, 1.54) is 12.1 Å². The molecule has 1 fully saturated rings. The van der Waals surface area contributed by atoms with Crippen molar-refractivity contribution in [3.63, 3.8) is 0 Å². The fraction of sp³-hybridized carbons (Fsp3) is 0.462. The fourth-order valence-corrected chi connectivity index (χ4v) is 4.18. The molecule has 33 heavy (non-hydrogen) atoms. The van der Waals surface area contributed by atoms with Gasteiger partial charge in [0.15, 0.2) is 0 Å². The van der Waals surface area contributed by atoms with Gasteiger partial charge in [0.25, 0.3) is 0 Å². The number of rotatable bonds is 6. The lowest BCUT2D eigenvalue weighted by Gasteiger charge is -2.45. The van der Waals surface area contributed by atoms with E-state index in [9.17, 15) is 14.0 Å². The molecule has 2 atom stereocenters. The van der Waals surface area contributed by atoms with Gasteiger partial charge in [-0.05, 0) is 51.0 Å². The van der Waals surface area contributed by atoms with Crippen molar-refractivity contribution in [2.45, 2.75) is 51.8 Å². The third kappa shape index (κ3) is 6.78. The van der Waals surface area contributed by atoms with Crippen LogP contribution in [0.25, 0.3) is 0 Å². The molecule has 0 aromatic heterocycles. The Morgan fingerprint density at radius 2 is 1.76 bits per heavy atom. The second-order valence-corrected chi connectivity index (χ2v) is 9.20. The first-order valence-electron chi connectivity index (χ1n) is 11.4. The average Bonchev–Trinajstić information content (AvgIpc) is 2.75.